The Hall–Kier alpha value is -2.83. The van der Waals surface area contributed by atoms with Gasteiger partial charge in [0, 0.05) is 12.1 Å². The molecule has 2 rings (SSSR count). The van der Waals surface area contributed by atoms with Crippen LogP contribution in [0.5, 0.6) is 0 Å². The Morgan fingerprint density at radius 1 is 1.00 bits per heavy atom. The van der Waals surface area contributed by atoms with Gasteiger partial charge in [0.1, 0.15) is 11.1 Å². The summed E-state index contributed by atoms with van der Waals surface area (Å²) in [4.78, 5) is 25.1. The van der Waals surface area contributed by atoms with E-state index in [1.165, 1.54) is 14.2 Å². The SMILES string of the molecule is COC(=O)C1=C(C(=O)OC)C(c2ccc(C)cc2)O/C1=N\N(C(C)C)C(C)C. The van der Waals surface area contributed by atoms with E-state index >= 15 is 0 Å². The molecular formula is C21H28N2O5. The number of hydrazone groups is 1. The van der Waals surface area contributed by atoms with E-state index < -0.39 is 18.0 Å². The lowest BCUT2D eigenvalue weighted by molar-refractivity contribution is -0.139. The molecule has 0 radical (unpaired) electrons. The van der Waals surface area contributed by atoms with Gasteiger partial charge in [0.15, 0.2) is 6.10 Å². The van der Waals surface area contributed by atoms with Crippen molar-refractivity contribution in [2.75, 3.05) is 14.2 Å². The van der Waals surface area contributed by atoms with Crippen molar-refractivity contribution in [3.63, 3.8) is 0 Å². The molecule has 0 N–H and O–H groups in total. The molecule has 7 nitrogen and oxygen atoms in total. The molecule has 7 heteroatoms. The lowest BCUT2D eigenvalue weighted by Gasteiger charge is -2.28. The quantitative estimate of drug-likeness (QED) is 0.550. The summed E-state index contributed by atoms with van der Waals surface area (Å²) in [5, 5.41) is 6.36. The third-order valence-corrected chi connectivity index (χ3v) is 4.41. The van der Waals surface area contributed by atoms with Crippen LogP contribution in [0, 0.1) is 6.92 Å². The molecule has 0 saturated heterocycles. The molecule has 0 amide bonds. The maximum absolute atomic E-state index is 12.6. The van der Waals surface area contributed by atoms with E-state index in [1.807, 2.05) is 63.9 Å². The molecular weight excluding hydrogens is 360 g/mol. The molecule has 1 atom stereocenters. The third kappa shape index (κ3) is 4.35. The first-order valence-corrected chi connectivity index (χ1v) is 9.22. The van der Waals surface area contributed by atoms with Gasteiger partial charge in [0.25, 0.3) is 0 Å². The highest BCUT2D eigenvalue weighted by Gasteiger charge is 2.43. The summed E-state index contributed by atoms with van der Waals surface area (Å²) in [6, 6.07) is 7.65. The maximum Gasteiger partial charge on any atom is 0.344 e. The number of nitrogens with zero attached hydrogens (tertiary/aromatic N) is 2. The number of carbonyl (C=O) groups is 2. The Morgan fingerprint density at radius 2 is 1.54 bits per heavy atom. The highest BCUT2D eigenvalue weighted by atomic mass is 16.5. The van der Waals surface area contributed by atoms with E-state index in [1.54, 1.807) is 0 Å². The van der Waals surface area contributed by atoms with Gasteiger partial charge in [0.2, 0.25) is 5.90 Å². The van der Waals surface area contributed by atoms with Crippen LogP contribution in [0.4, 0.5) is 0 Å². The molecule has 1 unspecified atom stereocenters. The van der Waals surface area contributed by atoms with Crippen molar-refractivity contribution < 1.29 is 23.8 Å². The minimum atomic E-state index is -0.804. The predicted molar refractivity (Wildman–Crippen MR) is 106 cm³/mol. The van der Waals surface area contributed by atoms with Gasteiger partial charge >= 0.3 is 11.9 Å². The largest absolute Gasteiger partial charge is 0.466 e. The van der Waals surface area contributed by atoms with Crippen LogP contribution in [0.3, 0.4) is 0 Å². The van der Waals surface area contributed by atoms with E-state index in [9.17, 15) is 9.59 Å². The molecule has 1 aliphatic rings. The summed E-state index contributed by atoms with van der Waals surface area (Å²) >= 11 is 0. The average molecular weight is 388 g/mol. The first-order valence-electron chi connectivity index (χ1n) is 9.22. The van der Waals surface area contributed by atoms with Crippen LogP contribution in [0.1, 0.15) is 44.9 Å². The minimum Gasteiger partial charge on any atom is -0.466 e. The van der Waals surface area contributed by atoms with Gasteiger partial charge in [-0.1, -0.05) is 29.8 Å². The normalized spacial score (nSPS) is 17.9. The number of carbonyl (C=O) groups excluding carboxylic acids is 2. The van der Waals surface area contributed by atoms with Gasteiger partial charge in [-0.2, -0.15) is 0 Å². The average Bonchev–Trinajstić information content (AvgIpc) is 3.04. The Balaban J connectivity index is 2.66. The number of methoxy groups -OCH3 is 2. The maximum atomic E-state index is 12.6. The molecule has 152 valence electrons. The van der Waals surface area contributed by atoms with Gasteiger partial charge in [-0.3, -0.25) is 5.01 Å². The second-order valence-corrected chi connectivity index (χ2v) is 7.15. The Labute approximate surface area is 165 Å². The van der Waals surface area contributed by atoms with E-state index in [0.29, 0.717) is 0 Å². The molecule has 28 heavy (non-hydrogen) atoms. The first-order chi connectivity index (χ1) is 13.2. The summed E-state index contributed by atoms with van der Waals surface area (Å²) in [6.45, 7) is 9.91. The molecule has 1 heterocycles. The standard InChI is InChI=1S/C21H28N2O5/c1-12(2)23(13(3)4)22-19-17(21(25)27-7)16(20(24)26-6)18(28-19)15-10-8-14(5)9-11-15/h8-13,18H,1-7H3/b22-19-. The van der Waals surface area contributed by atoms with Crippen molar-refractivity contribution in [1.29, 1.82) is 0 Å². The van der Waals surface area contributed by atoms with Gasteiger partial charge in [-0.15, -0.1) is 5.10 Å². The zero-order valence-corrected chi connectivity index (χ0v) is 17.5. The lowest BCUT2D eigenvalue weighted by Crippen LogP contribution is -2.34. The van der Waals surface area contributed by atoms with Crippen LogP contribution in [0.25, 0.3) is 0 Å². The smallest absolute Gasteiger partial charge is 0.344 e. The van der Waals surface area contributed by atoms with Crippen molar-refractivity contribution in [1.82, 2.24) is 5.01 Å². The summed E-state index contributed by atoms with van der Waals surface area (Å²) in [5.74, 6) is -1.29. The van der Waals surface area contributed by atoms with Crippen LogP contribution < -0.4 is 0 Å². The fourth-order valence-corrected chi connectivity index (χ4v) is 3.08. The molecule has 0 saturated carbocycles. The van der Waals surface area contributed by atoms with Gasteiger partial charge < -0.3 is 14.2 Å². The molecule has 0 aliphatic carbocycles. The number of rotatable bonds is 6. The molecule has 1 aliphatic heterocycles. The fraction of sp³-hybridized carbons (Fsp3) is 0.476. The first kappa shape index (κ1) is 21.5. The minimum absolute atomic E-state index is 0.00812. The van der Waals surface area contributed by atoms with Crippen LogP contribution in [-0.4, -0.2) is 49.1 Å². The van der Waals surface area contributed by atoms with E-state index in [4.69, 9.17) is 14.2 Å². The number of esters is 2. The van der Waals surface area contributed by atoms with Crippen LogP contribution >= 0.6 is 0 Å². The van der Waals surface area contributed by atoms with Crippen molar-refractivity contribution >= 4 is 17.8 Å². The zero-order valence-electron chi connectivity index (χ0n) is 17.5. The van der Waals surface area contributed by atoms with Crippen molar-refractivity contribution in [3.05, 3.63) is 46.5 Å². The topological polar surface area (TPSA) is 77.4 Å². The van der Waals surface area contributed by atoms with Crippen molar-refractivity contribution in [2.24, 2.45) is 5.10 Å². The Bertz CT molecular complexity index is 786. The van der Waals surface area contributed by atoms with Crippen LogP contribution in [-0.2, 0) is 23.8 Å². The number of ether oxygens (including phenoxy) is 3. The predicted octanol–water partition coefficient (Wildman–Crippen LogP) is 3.14. The molecule has 1 aromatic carbocycles. The van der Waals surface area contributed by atoms with Crippen LogP contribution in [0.15, 0.2) is 40.5 Å². The Kier molecular flexibility index (Phi) is 6.83. The van der Waals surface area contributed by atoms with E-state index in [2.05, 4.69) is 5.10 Å². The second-order valence-electron chi connectivity index (χ2n) is 7.15. The monoisotopic (exact) mass is 388 g/mol. The summed E-state index contributed by atoms with van der Waals surface area (Å²) < 4.78 is 15.9. The fourth-order valence-electron chi connectivity index (χ4n) is 3.08. The van der Waals surface area contributed by atoms with Gasteiger partial charge in [-0.25, -0.2) is 9.59 Å². The molecule has 1 aromatic rings. The highest BCUT2D eigenvalue weighted by molar-refractivity contribution is 6.23. The lowest BCUT2D eigenvalue weighted by atomic mass is 9.98. The van der Waals surface area contributed by atoms with E-state index in [-0.39, 0.29) is 29.1 Å². The number of benzene rings is 1. The van der Waals surface area contributed by atoms with Gasteiger partial charge in [-0.05, 0) is 40.2 Å². The second kappa shape index (κ2) is 8.91. The molecule has 0 aromatic heterocycles. The molecule has 0 fully saturated rings. The van der Waals surface area contributed by atoms with Crippen molar-refractivity contribution in [3.8, 4) is 0 Å². The number of hydrogen-bond donors (Lipinski definition) is 0. The van der Waals surface area contributed by atoms with Crippen LogP contribution in [0.2, 0.25) is 0 Å². The summed E-state index contributed by atoms with van der Waals surface area (Å²) in [6.07, 6.45) is -0.804. The number of hydrogen-bond acceptors (Lipinski definition) is 7. The molecule has 0 spiro atoms. The molecule has 0 bridgehead atoms. The van der Waals surface area contributed by atoms with Gasteiger partial charge in [0.05, 0.1) is 14.2 Å². The summed E-state index contributed by atoms with van der Waals surface area (Å²) in [5.41, 5.74) is 1.87. The van der Waals surface area contributed by atoms with E-state index in [0.717, 1.165) is 11.1 Å². The highest BCUT2D eigenvalue weighted by Crippen LogP contribution is 2.37. The summed E-state index contributed by atoms with van der Waals surface area (Å²) in [7, 11) is 2.52. The number of aryl methyl sites for hydroxylation is 1. The van der Waals surface area contributed by atoms with Crippen molar-refractivity contribution in [2.45, 2.75) is 52.8 Å². The third-order valence-electron chi connectivity index (χ3n) is 4.41. The zero-order chi connectivity index (χ0) is 21.0. The Morgan fingerprint density at radius 3 is 2.00 bits per heavy atom.